The second-order valence-electron chi connectivity index (χ2n) is 3.65. The molecule has 0 saturated carbocycles. The van der Waals surface area contributed by atoms with E-state index in [1.807, 2.05) is 24.3 Å². The van der Waals surface area contributed by atoms with Crippen LogP contribution in [0.3, 0.4) is 0 Å². The third-order valence-electron chi connectivity index (χ3n) is 2.35. The Morgan fingerprint density at radius 1 is 1.53 bits per heavy atom. The summed E-state index contributed by atoms with van der Waals surface area (Å²) in [5, 5.41) is 6.44. The van der Waals surface area contributed by atoms with Gasteiger partial charge in [-0.25, -0.2) is 4.79 Å². The van der Waals surface area contributed by atoms with E-state index < -0.39 is 6.04 Å². The van der Waals surface area contributed by atoms with E-state index in [9.17, 15) is 4.79 Å². The Morgan fingerprint density at radius 2 is 2.21 bits per heavy atom. The molecule has 102 valence electrons. The van der Waals surface area contributed by atoms with Gasteiger partial charge in [-0.2, -0.15) is 0 Å². The number of azide groups is 1. The highest BCUT2D eigenvalue weighted by molar-refractivity contribution is 9.10. The van der Waals surface area contributed by atoms with Crippen LogP contribution in [0.1, 0.15) is 18.5 Å². The van der Waals surface area contributed by atoms with Crippen LogP contribution in [0.15, 0.2) is 33.9 Å². The van der Waals surface area contributed by atoms with E-state index in [0.29, 0.717) is 13.2 Å². The molecule has 1 atom stereocenters. The molecular weight excluding hydrogens is 312 g/mol. The summed E-state index contributed by atoms with van der Waals surface area (Å²) >= 11 is 3.34. The second kappa shape index (κ2) is 8.53. The maximum Gasteiger partial charge on any atom is 0.327 e. The van der Waals surface area contributed by atoms with Crippen LogP contribution in [0.5, 0.6) is 0 Å². The highest BCUT2D eigenvalue weighted by Gasteiger charge is 2.20. The van der Waals surface area contributed by atoms with Crippen molar-refractivity contribution < 1.29 is 9.53 Å². The predicted octanol–water partition coefficient (Wildman–Crippen LogP) is 2.95. The molecule has 0 amide bonds. The van der Waals surface area contributed by atoms with E-state index in [-0.39, 0.29) is 12.5 Å². The molecule has 0 heterocycles. The molecule has 0 bridgehead atoms. The summed E-state index contributed by atoms with van der Waals surface area (Å²) in [6, 6.07) is 6.84. The summed E-state index contributed by atoms with van der Waals surface area (Å²) in [5.41, 5.74) is 9.01. The van der Waals surface area contributed by atoms with Crippen molar-refractivity contribution in [1.82, 2.24) is 5.32 Å². The molecule has 1 unspecified atom stereocenters. The highest BCUT2D eigenvalue weighted by atomic mass is 79.9. The molecule has 1 N–H and O–H groups in total. The van der Waals surface area contributed by atoms with Crippen LogP contribution in [-0.2, 0) is 9.53 Å². The number of benzene rings is 1. The zero-order chi connectivity index (χ0) is 14.1. The number of hydrogen-bond acceptors (Lipinski definition) is 4. The molecule has 0 saturated heterocycles. The molecule has 0 spiro atoms. The van der Waals surface area contributed by atoms with E-state index >= 15 is 0 Å². The van der Waals surface area contributed by atoms with Crippen LogP contribution in [0.25, 0.3) is 10.4 Å². The molecule has 0 radical (unpaired) electrons. The summed E-state index contributed by atoms with van der Waals surface area (Å²) in [4.78, 5) is 14.6. The number of carbonyl (C=O) groups is 1. The quantitative estimate of drug-likeness (QED) is 0.275. The first-order valence-electron chi connectivity index (χ1n) is 5.85. The van der Waals surface area contributed by atoms with Gasteiger partial charge in [0.25, 0.3) is 0 Å². The number of rotatable bonds is 7. The number of nitrogens with zero attached hydrogens (tertiary/aromatic N) is 3. The first-order chi connectivity index (χ1) is 9.19. The Morgan fingerprint density at radius 3 is 2.79 bits per heavy atom. The molecule has 19 heavy (non-hydrogen) atoms. The monoisotopic (exact) mass is 326 g/mol. The third-order valence-corrected chi connectivity index (χ3v) is 2.88. The lowest BCUT2D eigenvalue weighted by Gasteiger charge is -2.17. The fraction of sp³-hybridized carbons (Fsp3) is 0.417. The average Bonchev–Trinajstić information content (AvgIpc) is 2.40. The Kier molecular flexibility index (Phi) is 6.95. The molecule has 1 rings (SSSR count). The topological polar surface area (TPSA) is 87.1 Å². The smallest absolute Gasteiger partial charge is 0.327 e. The van der Waals surface area contributed by atoms with Gasteiger partial charge in [-0.15, -0.1) is 0 Å². The minimum absolute atomic E-state index is 0.281. The van der Waals surface area contributed by atoms with Crippen molar-refractivity contribution in [3.63, 3.8) is 0 Å². The van der Waals surface area contributed by atoms with Gasteiger partial charge in [0.15, 0.2) is 0 Å². The molecule has 0 aliphatic rings. The number of esters is 1. The van der Waals surface area contributed by atoms with Gasteiger partial charge in [-0.1, -0.05) is 33.2 Å². The predicted molar refractivity (Wildman–Crippen MR) is 75.5 cm³/mol. The molecule has 0 aliphatic carbocycles. The maximum absolute atomic E-state index is 11.9. The first-order valence-corrected chi connectivity index (χ1v) is 6.64. The van der Waals surface area contributed by atoms with Crippen molar-refractivity contribution in [2.24, 2.45) is 5.11 Å². The number of nitrogens with one attached hydrogen (secondary N) is 1. The van der Waals surface area contributed by atoms with Crippen LogP contribution in [0.4, 0.5) is 0 Å². The summed E-state index contributed by atoms with van der Waals surface area (Å²) < 4.78 is 5.97. The van der Waals surface area contributed by atoms with Gasteiger partial charge in [0.05, 0.1) is 6.61 Å². The molecule has 0 aromatic heterocycles. The van der Waals surface area contributed by atoms with Crippen molar-refractivity contribution in [2.45, 2.75) is 13.0 Å². The number of hydrogen-bond donors (Lipinski definition) is 1. The average molecular weight is 327 g/mol. The van der Waals surface area contributed by atoms with Crippen molar-refractivity contribution in [3.8, 4) is 0 Å². The standard InChI is InChI=1S/C12H15BrN4O2/c1-2-19-12(18)11(15-7-8-16-17-14)9-3-5-10(13)6-4-9/h3-6,11,15H,2,7-8H2,1H3. The summed E-state index contributed by atoms with van der Waals surface area (Å²) in [6.07, 6.45) is 0. The molecule has 1 aromatic carbocycles. The lowest BCUT2D eigenvalue weighted by atomic mass is 10.1. The second-order valence-corrected chi connectivity index (χ2v) is 4.56. The van der Waals surface area contributed by atoms with Crippen molar-refractivity contribution >= 4 is 21.9 Å². The van der Waals surface area contributed by atoms with Gasteiger partial charge in [0.2, 0.25) is 0 Å². The van der Waals surface area contributed by atoms with Gasteiger partial charge in [-0.05, 0) is 30.2 Å². The maximum atomic E-state index is 11.9. The molecule has 6 nitrogen and oxygen atoms in total. The van der Waals surface area contributed by atoms with Crippen LogP contribution in [0, 0.1) is 0 Å². The van der Waals surface area contributed by atoms with Crippen molar-refractivity contribution in [1.29, 1.82) is 0 Å². The van der Waals surface area contributed by atoms with E-state index in [1.165, 1.54) is 0 Å². The molecule has 1 aromatic rings. The van der Waals surface area contributed by atoms with Crippen LogP contribution in [0.2, 0.25) is 0 Å². The minimum Gasteiger partial charge on any atom is -0.465 e. The van der Waals surface area contributed by atoms with Gasteiger partial charge in [-0.3, -0.25) is 0 Å². The molecule has 0 fully saturated rings. The molecular formula is C12H15BrN4O2. The number of carbonyl (C=O) groups excluding carboxylic acids is 1. The number of halogens is 1. The van der Waals surface area contributed by atoms with Crippen LogP contribution >= 0.6 is 15.9 Å². The SMILES string of the molecule is CCOC(=O)C(NCCN=[N+]=[N-])c1ccc(Br)cc1. The largest absolute Gasteiger partial charge is 0.465 e. The van der Waals surface area contributed by atoms with Crippen molar-refractivity contribution in [2.75, 3.05) is 19.7 Å². The van der Waals surface area contributed by atoms with Gasteiger partial charge in [0, 0.05) is 22.5 Å². The van der Waals surface area contributed by atoms with Gasteiger partial charge in [0.1, 0.15) is 6.04 Å². The van der Waals surface area contributed by atoms with Gasteiger partial charge >= 0.3 is 5.97 Å². The minimum atomic E-state index is -0.554. The zero-order valence-electron chi connectivity index (χ0n) is 10.5. The molecule has 0 aliphatic heterocycles. The summed E-state index contributed by atoms with van der Waals surface area (Å²) in [5.74, 6) is -0.342. The Labute approximate surface area is 119 Å². The lowest BCUT2D eigenvalue weighted by Crippen LogP contribution is -2.31. The van der Waals surface area contributed by atoms with E-state index in [4.69, 9.17) is 10.3 Å². The summed E-state index contributed by atoms with van der Waals surface area (Å²) in [6.45, 7) is 2.77. The van der Waals surface area contributed by atoms with Crippen LogP contribution < -0.4 is 5.32 Å². The Hall–Kier alpha value is -1.56. The fourth-order valence-corrected chi connectivity index (χ4v) is 1.79. The normalized spacial score (nSPS) is 11.5. The molecule has 7 heteroatoms. The van der Waals surface area contributed by atoms with E-state index in [2.05, 4.69) is 31.3 Å². The zero-order valence-corrected chi connectivity index (χ0v) is 12.1. The van der Waals surface area contributed by atoms with E-state index in [1.54, 1.807) is 6.92 Å². The van der Waals surface area contributed by atoms with E-state index in [0.717, 1.165) is 10.0 Å². The lowest BCUT2D eigenvalue weighted by molar-refractivity contribution is -0.145. The Balaban J connectivity index is 2.76. The highest BCUT2D eigenvalue weighted by Crippen LogP contribution is 2.18. The first kappa shape index (κ1) is 15.5. The van der Waals surface area contributed by atoms with Gasteiger partial charge < -0.3 is 10.1 Å². The summed E-state index contributed by atoms with van der Waals surface area (Å²) in [7, 11) is 0. The number of ether oxygens (including phenoxy) is 1. The third kappa shape index (κ3) is 5.30. The van der Waals surface area contributed by atoms with Crippen LogP contribution in [-0.4, -0.2) is 25.7 Å². The van der Waals surface area contributed by atoms with Crippen molar-refractivity contribution in [3.05, 3.63) is 44.7 Å². The fourth-order valence-electron chi connectivity index (χ4n) is 1.52. The Bertz CT molecular complexity index is 457.